The summed E-state index contributed by atoms with van der Waals surface area (Å²) in [6.07, 6.45) is -1.82. The molecule has 2 amide bonds. The summed E-state index contributed by atoms with van der Waals surface area (Å²) < 4.78 is -0.617. The van der Waals surface area contributed by atoms with Crippen LogP contribution in [0.15, 0.2) is 48.5 Å². The Morgan fingerprint density at radius 2 is 1.73 bits per heavy atom. The van der Waals surface area contributed by atoms with Crippen LogP contribution in [0.4, 0.5) is 0 Å². The molecule has 0 saturated carbocycles. The number of benzene rings is 2. The van der Waals surface area contributed by atoms with Gasteiger partial charge in [0.15, 0.2) is 5.78 Å². The van der Waals surface area contributed by atoms with Crippen molar-refractivity contribution >= 4 is 29.4 Å². The number of ketones is 1. The Bertz CT molecular complexity index is 1160. The number of Topliss-reactive ketones (excluding diaryl/α,β-unsaturated/α-hetero) is 1. The summed E-state index contributed by atoms with van der Waals surface area (Å²) in [5, 5.41) is 24.6. The van der Waals surface area contributed by atoms with Gasteiger partial charge in [0.25, 0.3) is 5.91 Å². The van der Waals surface area contributed by atoms with Crippen LogP contribution in [-0.4, -0.2) is 61.0 Å². The van der Waals surface area contributed by atoms with Crippen molar-refractivity contribution in [3.63, 3.8) is 0 Å². The van der Waals surface area contributed by atoms with E-state index in [2.05, 4.69) is 5.32 Å². The molecule has 5 N–H and O–H groups in total. The third-order valence-corrected chi connectivity index (χ3v) is 7.99. The fourth-order valence-corrected chi connectivity index (χ4v) is 5.77. The number of aliphatic hydroxyl groups excluding tert-OH is 1. The van der Waals surface area contributed by atoms with Crippen LogP contribution in [0.25, 0.3) is 0 Å². The minimum Gasteiger partial charge on any atom is -0.508 e. The van der Waals surface area contributed by atoms with Crippen molar-refractivity contribution in [2.24, 2.45) is 11.7 Å². The number of thioether (sulfide) groups is 1. The first-order valence-electron chi connectivity index (χ1n) is 12.2. The molecule has 37 heavy (non-hydrogen) atoms. The second-order valence-electron chi connectivity index (χ2n) is 11.0. The summed E-state index contributed by atoms with van der Waals surface area (Å²) in [6, 6.07) is 11.4. The molecule has 1 unspecified atom stereocenters. The molecule has 0 aliphatic carbocycles. The first-order valence-corrected chi connectivity index (χ1v) is 13.2. The summed E-state index contributed by atoms with van der Waals surface area (Å²) in [6.45, 7) is 10.9. The van der Waals surface area contributed by atoms with Gasteiger partial charge in [0.2, 0.25) is 5.91 Å². The summed E-state index contributed by atoms with van der Waals surface area (Å²) in [5.74, 6) is -2.88. The fraction of sp³-hybridized carbons (Fsp3) is 0.464. The largest absolute Gasteiger partial charge is 0.508 e. The van der Waals surface area contributed by atoms with Gasteiger partial charge in [0.05, 0.1) is 11.8 Å². The van der Waals surface area contributed by atoms with Crippen molar-refractivity contribution in [3.05, 3.63) is 65.2 Å². The third-order valence-electron chi connectivity index (χ3n) is 6.61. The minimum absolute atomic E-state index is 0.0738. The average molecular weight is 528 g/mol. The van der Waals surface area contributed by atoms with Crippen LogP contribution in [0, 0.1) is 12.8 Å². The Hall–Kier alpha value is -2.88. The Morgan fingerprint density at radius 3 is 2.32 bits per heavy atom. The summed E-state index contributed by atoms with van der Waals surface area (Å²) >= 11 is 1.43. The number of hydrogen-bond acceptors (Lipinski definition) is 7. The second kappa shape index (κ2) is 10.8. The molecule has 0 bridgehead atoms. The van der Waals surface area contributed by atoms with Gasteiger partial charge in [0.1, 0.15) is 17.9 Å². The number of phenolic OH excluding ortho intramolecular Hbond substituents is 1. The van der Waals surface area contributed by atoms with Crippen molar-refractivity contribution in [1.82, 2.24) is 10.2 Å². The molecule has 1 fully saturated rings. The van der Waals surface area contributed by atoms with Gasteiger partial charge in [-0.3, -0.25) is 14.4 Å². The number of aliphatic hydroxyl groups is 1. The Balaban J connectivity index is 2.02. The number of hydrogen-bond donors (Lipinski definition) is 4. The maximum Gasteiger partial charge on any atom is 0.253 e. The molecule has 3 rings (SSSR count). The summed E-state index contributed by atoms with van der Waals surface area (Å²) in [5.41, 5.74) is 7.09. The van der Waals surface area contributed by atoms with Gasteiger partial charge in [-0.25, -0.2) is 0 Å². The molecule has 1 aliphatic heterocycles. The normalized spacial score (nSPS) is 19.7. The third kappa shape index (κ3) is 6.17. The van der Waals surface area contributed by atoms with Crippen LogP contribution < -0.4 is 11.1 Å². The molecule has 0 radical (unpaired) electrons. The number of aromatic hydroxyl groups is 1. The molecule has 0 spiro atoms. The number of carbonyl (C=O) groups is 3. The van der Waals surface area contributed by atoms with Gasteiger partial charge in [-0.2, -0.15) is 0 Å². The van der Waals surface area contributed by atoms with Gasteiger partial charge in [-0.15, -0.1) is 11.8 Å². The van der Waals surface area contributed by atoms with E-state index in [1.54, 1.807) is 37.3 Å². The monoisotopic (exact) mass is 527 g/mol. The van der Waals surface area contributed by atoms with E-state index in [1.807, 2.05) is 34.6 Å². The maximum atomic E-state index is 13.8. The van der Waals surface area contributed by atoms with E-state index >= 15 is 0 Å². The molecule has 1 heterocycles. The highest BCUT2D eigenvalue weighted by molar-refractivity contribution is 8.00. The Morgan fingerprint density at radius 1 is 1.11 bits per heavy atom. The first kappa shape index (κ1) is 28.7. The van der Waals surface area contributed by atoms with Crippen LogP contribution in [0.5, 0.6) is 5.75 Å². The van der Waals surface area contributed by atoms with Gasteiger partial charge in [0, 0.05) is 27.5 Å². The lowest BCUT2D eigenvalue weighted by atomic mass is 9.81. The Labute approximate surface area is 222 Å². The highest BCUT2D eigenvalue weighted by Gasteiger charge is 2.51. The van der Waals surface area contributed by atoms with E-state index in [9.17, 15) is 24.6 Å². The lowest BCUT2D eigenvalue weighted by molar-refractivity contribution is -0.148. The van der Waals surface area contributed by atoms with Crippen molar-refractivity contribution < 1.29 is 24.6 Å². The predicted molar refractivity (Wildman–Crippen MR) is 145 cm³/mol. The van der Waals surface area contributed by atoms with Crippen LogP contribution in [0.1, 0.15) is 62.1 Å². The number of rotatable bonds is 7. The number of amides is 2. The number of phenols is 1. The fourth-order valence-electron chi connectivity index (χ4n) is 4.63. The minimum atomic E-state index is -1.82. The van der Waals surface area contributed by atoms with Gasteiger partial charge >= 0.3 is 0 Å². The van der Waals surface area contributed by atoms with Gasteiger partial charge < -0.3 is 26.2 Å². The molecule has 200 valence electrons. The number of carbonyl (C=O) groups excluding carboxylic acids is 3. The molecule has 4 atom stereocenters. The predicted octanol–water partition coefficient (Wildman–Crippen LogP) is 3.16. The van der Waals surface area contributed by atoms with Gasteiger partial charge in [-0.1, -0.05) is 42.5 Å². The number of nitrogens with zero attached hydrogens (tertiary/aromatic N) is 1. The molecule has 2 aromatic carbocycles. The second-order valence-corrected chi connectivity index (χ2v) is 12.6. The number of nitrogens with one attached hydrogen (secondary N) is 1. The van der Waals surface area contributed by atoms with Crippen molar-refractivity contribution in [2.45, 2.75) is 70.0 Å². The van der Waals surface area contributed by atoms with Crippen LogP contribution in [0.2, 0.25) is 0 Å². The topological polar surface area (TPSA) is 133 Å². The highest BCUT2D eigenvalue weighted by Crippen LogP contribution is 2.41. The first-order chi connectivity index (χ1) is 17.2. The maximum absolute atomic E-state index is 13.8. The standard InChI is InChI=1S/C28H37N3O5S/c1-16-18(13-10-14-19(16)32)22(33)20(21(29)17-11-8-7-9-12-17)23(34)26(36)31-15-37-28(5,6)24(31)25(35)30-27(2,3)4/h7-14,20-21,23-24,32,34H,15,29H2,1-6H3,(H,30,35)/t20-,21?,23+,24-/m1/s1. The van der Waals surface area contributed by atoms with Crippen LogP contribution >= 0.6 is 11.8 Å². The smallest absolute Gasteiger partial charge is 0.253 e. The zero-order valence-corrected chi connectivity index (χ0v) is 23.0. The zero-order chi connectivity index (χ0) is 27.7. The quantitative estimate of drug-likeness (QED) is 0.407. The molecule has 2 aromatic rings. The SMILES string of the molecule is Cc1c(O)cccc1C(=O)[C@@H](C(N)c1ccccc1)[C@H](O)C(=O)N1CSC(C)(C)[C@H]1C(=O)NC(C)(C)C. The molecular formula is C28H37N3O5S. The van der Waals surface area contributed by atoms with Crippen molar-refractivity contribution in [3.8, 4) is 5.75 Å². The van der Waals surface area contributed by atoms with Crippen molar-refractivity contribution in [2.75, 3.05) is 5.88 Å². The molecular weight excluding hydrogens is 490 g/mol. The average Bonchev–Trinajstić information content (AvgIpc) is 3.14. The highest BCUT2D eigenvalue weighted by atomic mass is 32.2. The lowest BCUT2D eigenvalue weighted by Gasteiger charge is -2.35. The van der Waals surface area contributed by atoms with E-state index in [1.165, 1.54) is 34.9 Å². The van der Waals surface area contributed by atoms with E-state index in [0.29, 0.717) is 11.1 Å². The molecule has 1 aliphatic rings. The Kier molecular flexibility index (Phi) is 8.41. The molecule has 0 aromatic heterocycles. The zero-order valence-electron chi connectivity index (χ0n) is 22.2. The van der Waals surface area contributed by atoms with E-state index in [0.717, 1.165) is 0 Å². The lowest BCUT2D eigenvalue weighted by Crippen LogP contribution is -2.59. The summed E-state index contributed by atoms with van der Waals surface area (Å²) in [4.78, 5) is 42.2. The summed E-state index contributed by atoms with van der Waals surface area (Å²) in [7, 11) is 0. The molecule has 9 heteroatoms. The van der Waals surface area contributed by atoms with Crippen molar-refractivity contribution in [1.29, 1.82) is 0 Å². The molecule has 8 nitrogen and oxygen atoms in total. The van der Waals surface area contributed by atoms with Gasteiger partial charge in [-0.05, 0) is 53.2 Å². The molecule has 1 saturated heterocycles. The van der Waals surface area contributed by atoms with E-state index in [4.69, 9.17) is 5.73 Å². The van der Waals surface area contributed by atoms with E-state index in [-0.39, 0.29) is 23.1 Å². The van der Waals surface area contributed by atoms with E-state index < -0.39 is 46.1 Å². The van der Waals surface area contributed by atoms with Crippen LogP contribution in [0.3, 0.4) is 0 Å². The van der Waals surface area contributed by atoms with Crippen LogP contribution in [-0.2, 0) is 9.59 Å². The number of nitrogens with two attached hydrogens (primary N) is 1.